The molecule has 1 fully saturated rings. The largest absolute Gasteiger partial charge is 0.506 e. The summed E-state index contributed by atoms with van der Waals surface area (Å²) in [4.78, 5) is 2.19. The minimum Gasteiger partial charge on any atom is -0.506 e. The number of phenols is 2. The summed E-state index contributed by atoms with van der Waals surface area (Å²) in [5.41, 5.74) is 1.63. The van der Waals surface area contributed by atoms with E-state index < -0.39 is 0 Å². The fourth-order valence-electron chi connectivity index (χ4n) is 2.86. The number of rotatable bonds is 5. The molecule has 0 unspecified atom stereocenters. The quantitative estimate of drug-likeness (QED) is 0.502. The Balaban J connectivity index is 1.89. The zero-order chi connectivity index (χ0) is 18.7. The van der Waals surface area contributed by atoms with Gasteiger partial charge in [-0.3, -0.25) is 4.90 Å². The summed E-state index contributed by atoms with van der Waals surface area (Å²) in [7, 11) is 0. The third-order valence-corrected chi connectivity index (χ3v) is 5.89. The van der Waals surface area contributed by atoms with E-state index in [-0.39, 0.29) is 17.5 Å². The molecule has 0 amide bonds. The fourth-order valence-corrected chi connectivity index (χ4v) is 4.58. The van der Waals surface area contributed by atoms with Crippen molar-refractivity contribution in [3.8, 4) is 11.5 Å². The van der Waals surface area contributed by atoms with Crippen molar-refractivity contribution >= 4 is 47.8 Å². The maximum atomic E-state index is 10.4. The van der Waals surface area contributed by atoms with Gasteiger partial charge in [0.1, 0.15) is 11.5 Å². The van der Waals surface area contributed by atoms with Gasteiger partial charge in [-0.2, -0.15) is 0 Å². The standard InChI is InChI=1S/C20H17Br3NO2/c21-15-9-14(20(26)18(23)10-15)12-24(16-6-2-1-3-7-16)11-13-5-4-8-17(22)19(13)25/h1-10,16,25-26H,11-12H2. The van der Waals surface area contributed by atoms with Gasteiger partial charge in [0.15, 0.2) is 0 Å². The molecule has 6 heteroatoms. The molecule has 1 aliphatic rings. The van der Waals surface area contributed by atoms with Gasteiger partial charge in [-0.1, -0.05) is 28.1 Å². The van der Waals surface area contributed by atoms with Crippen LogP contribution >= 0.6 is 47.8 Å². The van der Waals surface area contributed by atoms with Crippen molar-refractivity contribution in [2.45, 2.75) is 19.1 Å². The van der Waals surface area contributed by atoms with Crippen LogP contribution in [0.25, 0.3) is 0 Å². The third-order valence-electron chi connectivity index (χ3n) is 4.18. The van der Waals surface area contributed by atoms with Crippen molar-refractivity contribution in [3.05, 3.63) is 87.0 Å². The first-order valence-corrected chi connectivity index (χ1v) is 10.4. The number of para-hydroxylation sites is 1. The van der Waals surface area contributed by atoms with Crippen molar-refractivity contribution in [2.24, 2.45) is 0 Å². The lowest BCUT2D eigenvalue weighted by Gasteiger charge is -2.34. The first kappa shape index (κ1) is 20.2. The molecule has 2 aromatic rings. The molecular weight excluding hydrogens is 526 g/mol. The monoisotopic (exact) mass is 540 g/mol. The summed E-state index contributed by atoms with van der Waals surface area (Å²) in [5.74, 6) is 0.472. The minimum absolute atomic E-state index is 0.0653. The van der Waals surface area contributed by atoms with E-state index in [0.29, 0.717) is 22.0 Å². The highest BCUT2D eigenvalue weighted by Crippen LogP contribution is 2.35. The van der Waals surface area contributed by atoms with Gasteiger partial charge in [-0.25, -0.2) is 0 Å². The van der Waals surface area contributed by atoms with Gasteiger partial charge in [0.25, 0.3) is 0 Å². The van der Waals surface area contributed by atoms with Crippen LogP contribution in [0.15, 0.2) is 43.7 Å². The highest BCUT2D eigenvalue weighted by molar-refractivity contribution is 9.11. The fraction of sp³-hybridized carbons (Fsp3) is 0.150. The summed E-state index contributed by atoms with van der Waals surface area (Å²) < 4.78 is 2.21. The smallest absolute Gasteiger partial charge is 0.134 e. The van der Waals surface area contributed by atoms with E-state index in [1.165, 1.54) is 0 Å². The van der Waals surface area contributed by atoms with Gasteiger partial charge in [-0.15, -0.1) is 0 Å². The predicted octanol–water partition coefficient (Wildman–Crippen LogP) is 5.79. The van der Waals surface area contributed by atoms with Crippen LogP contribution in [0.1, 0.15) is 11.1 Å². The molecule has 2 aromatic carbocycles. The van der Waals surface area contributed by atoms with Gasteiger partial charge in [0, 0.05) is 34.7 Å². The number of halogens is 3. The molecule has 5 radical (unpaired) electrons. The molecule has 0 spiro atoms. The van der Waals surface area contributed by atoms with Gasteiger partial charge < -0.3 is 10.2 Å². The highest BCUT2D eigenvalue weighted by Gasteiger charge is 2.24. The Hall–Kier alpha value is -0.560. The number of benzene rings is 2. The second-order valence-electron chi connectivity index (χ2n) is 6.00. The third kappa shape index (κ3) is 4.83. The van der Waals surface area contributed by atoms with E-state index in [9.17, 15) is 10.2 Å². The van der Waals surface area contributed by atoms with E-state index in [1.54, 1.807) is 0 Å². The number of hydrogen-bond acceptors (Lipinski definition) is 3. The number of phenolic OH excluding ortho intramolecular Hbond substituents is 2. The Morgan fingerprint density at radius 1 is 0.808 bits per heavy atom. The van der Waals surface area contributed by atoms with Crippen molar-refractivity contribution in [2.75, 3.05) is 0 Å². The van der Waals surface area contributed by atoms with Crippen molar-refractivity contribution in [1.82, 2.24) is 4.90 Å². The molecule has 3 rings (SSSR count). The van der Waals surface area contributed by atoms with E-state index in [1.807, 2.05) is 49.6 Å². The van der Waals surface area contributed by atoms with Crippen molar-refractivity contribution < 1.29 is 10.2 Å². The molecular formula is C20H17Br3NO2. The topological polar surface area (TPSA) is 43.7 Å². The summed E-state index contributed by atoms with van der Waals surface area (Å²) >= 11 is 10.3. The molecule has 0 heterocycles. The molecule has 0 aromatic heterocycles. The Bertz CT molecular complexity index is 776. The number of aromatic hydroxyl groups is 2. The minimum atomic E-state index is 0.0653. The molecule has 2 N–H and O–H groups in total. The van der Waals surface area contributed by atoms with Crippen LogP contribution in [0.2, 0.25) is 0 Å². The maximum absolute atomic E-state index is 10.4. The van der Waals surface area contributed by atoms with Gasteiger partial charge >= 0.3 is 0 Å². The number of hydrogen-bond donors (Lipinski definition) is 2. The lowest BCUT2D eigenvalue weighted by Crippen LogP contribution is -2.37. The van der Waals surface area contributed by atoms with Crippen LogP contribution in [0.4, 0.5) is 0 Å². The average Bonchev–Trinajstić information content (AvgIpc) is 2.63. The SMILES string of the molecule is Oc1c(Br)cccc1CN(Cc1cc(Br)cc(Br)c1O)C1[CH][CH][CH][CH][CH]1. The molecule has 0 aliphatic heterocycles. The molecule has 1 aliphatic carbocycles. The Kier molecular flexibility index (Phi) is 7.05. The van der Waals surface area contributed by atoms with E-state index in [2.05, 4.69) is 65.5 Å². The maximum Gasteiger partial charge on any atom is 0.134 e. The molecule has 26 heavy (non-hydrogen) atoms. The molecule has 135 valence electrons. The normalized spacial score (nSPS) is 15.5. The highest BCUT2D eigenvalue weighted by atomic mass is 79.9. The van der Waals surface area contributed by atoms with Gasteiger partial charge in [0.05, 0.1) is 8.95 Å². The summed E-state index contributed by atoms with van der Waals surface area (Å²) in [5, 5.41) is 20.8. The Morgan fingerprint density at radius 3 is 2.19 bits per heavy atom. The predicted molar refractivity (Wildman–Crippen MR) is 114 cm³/mol. The molecule has 0 saturated heterocycles. The zero-order valence-corrected chi connectivity index (χ0v) is 18.5. The zero-order valence-electron chi connectivity index (χ0n) is 13.7. The Labute approximate surface area is 179 Å². The summed E-state index contributed by atoms with van der Waals surface area (Å²) in [6.07, 6.45) is 10.2. The lowest BCUT2D eigenvalue weighted by molar-refractivity contribution is 0.216. The second-order valence-corrected chi connectivity index (χ2v) is 8.63. The van der Waals surface area contributed by atoms with E-state index >= 15 is 0 Å². The van der Waals surface area contributed by atoms with Crippen LogP contribution in [-0.2, 0) is 13.1 Å². The van der Waals surface area contributed by atoms with Gasteiger partial charge in [0.2, 0.25) is 0 Å². The lowest BCUT2D eigenvalue weighted by atomic mass is 9.93. The van der Waals surface area contributed by atoms with Crippen LogP contribution < -0.4 is 0 Å². The molecule has 0 bridgehead atoms. The molecule has 1 saturated carbocycles. The first-order valence-electron chi connectivity index (χ1n) is 8.01. The van der Waals surface area contributed by atoms with E-state index in [0.717, 1.165) is 15.6 Å². The van der Waals surface area contributed by atoms with Crippen LogP contribution in [0.5, 0.6) is 11.5 Å². The second kappa shape index (κ2) is 9.09. The molecule has 0 atom stereocenters. The molecule has 3 nitrogen and oxygen atoms in total. The van der Waals surface area contributed by atoms with Crippen LogP contribution in [0.3, 0.4) is 0 Å². The average molecular weight is 543 g/mol. The first-order chi connectivity index (χ1) is 12.5. The summed E-state index contributed by atoms with van der Waals surface area (Å²) in [6.45, 7) is 1.06. The van der Waals surface area contributed by atoms with Crippen molar-refractivity contribution in [3.63, 3.8) is 0 Å². The van der Waals surface area contributed by atoms with Crippen molar-refractivity contribution in [1.29, 1.82) is 0 Å². The Morgan fingerprint density at radius 2 is 1.46 bits per heavy atom. The summed E-state index contributed by atoms with van der Waals surface area (Å²) in [6, 6.07) is 9.43. The van der Waals surface area contributed by atoms with Crippen LogP contribution in [0, 0.1) is 32.1 Å². The van der Waals surface area contributed by atoms with Crippen LogP contribution in [-0.4, -0.2) is 21.2 Å². The van der Waals surface area contributed by atoms with E-state index in [4.69, 9.17) is 0 Å². The number of nitrogens with zero attached hydrogens (tertiary/aromatic N) is 1. The van der Waals surface area contributed by atoms with Gasteiger partial charge in [-0.05, 0) is 82.2 Å².